The molecule has 1 aliphatic rings. The van der Waals surface area contributed by atoms with Crippen molar-refractivity contribution in [1.82, 2.24) is 5.32 Å². The van der Waals surface area contributed by atoms with Crippen molar-refractivity contribution in [1.29, 1.82) is 0 Å². The number of hydrogen-bond acceptors (Lipinski definition) is 5. The standard InChI is InChI=1S/C25H21N3O4S/c1-14-10-15(2)12-16(11-14)22(29)27-25(33)26-17-8-9-20(21(13-17)32-3)28-23(30)18-6-4-5-7-19(18)24(28)31/h4-13H,1-3H3,(H2,26,27,29,33). The van der Waals surface area contributed by atoms with E-state index in [1.807, 2.05) is 19.9 Å². The van der Waals surface area contributed by atoms with Gasteiger partial charge in [-0.2, -0.15) is 0 Å². The predicted octanol–water partition coefficient (Wildman–Crippen LogP) is 4.24. The monoisotopic (exact) mass is 459 g/mol. The van der Waals surface area contributed by atoms with Gasteiger partial charge in [-0.1, -0.05) is 29.3 Å². The van der Waals surface area contributed by atoms with E-state index in [4.69, 9.17) is 17.0 Å². The smallest absolute Gasteiger partial charge is 0.266 e. The van der Waals surface area contributed by atoms with Crippen LogP contribution in [0.5, 0.6) is 5.75 Å². The maximum atomic E-state index is 12.8. The number of ether oxygens (including phenoxy) is 1. The fraction of sp³-hybridized carbons (Fsp3) is 0.120. The minimum absolute atomic E-state index is 0.106. The van der Waals surface area contributed by atoms with Crippen molar-refractivity contribution < 1.29 is 19.1 Å². The van der Waals surface area contributed by atoms with Crippen LogP contribution in [0.1, 0.15) is 42.2 Å². The van der Waals surface area contributed by atoms with Crippen molar-refractivity contribution in [2.24, 2.45) is 0 Å². The Balaban J connectivity index is 1.52. The number of nitrogens with one attached hydrogen (secondary N) is 2. The molecule has 3 aromatic rings. The molecule has 0 atom stereocenters. The second-order valence-electron chi connectivity index (χ2n) is 7.66. The van der Waals surface area contributed by atoms with Crippen LogP contribution in [0, 0.1) is 13.8 Å². The summed E-state index contributed by atoms with van der Waals surface area (Å²) in [5, 5.41) is 5.70. The summed E-state index contributed by atoms with van der Waals surface area (Å²) in [5.41, 5.74) is 4.01. The average molecular weight is 460 g/mol. The molecule has 7 nitrogen and oxygen atoms in total. The first-order valence-electron chi connectivity index (χ1n) is 10.1. The number of nitrogens with zero attached hydrogens (tertiary/aromatic N) is 1. The lowest BCUT2D eigenvalue weighted by molar-refractivity contribution is 0.0922. The van der Waals surface area contributed by atoms with E-state index in [-0.39, 0.29) is 11.0 Å². The first kappa shape index (κ1) is 22.2. The molecular weight excluding hydrogens is 438 g/mol. The van der Waals surface area contributed by atoms with Crippen LogP contribution in [0.15, 0.2) is 60.7 Å². The van der Waals surface area contributed by atoms with Gasteiger partial charge in [0.05, 0.1) is 23.9 Å². The summed E-state index contributed by atoms with van der Waals surface area (Å²) in [5.74, 6) is -0.844. The molecule has 0 aromatic heterocycles. The fourth-order valence-electron chi connectivity index (χ4n) is 3.79. The van der Waals surface area contributed by atoms with E-state index < -0.39 is 11.8 Å². The summed E-state index contributed by atoms with van der Waals surface area (Å²) in [6.45, 7) is 3.84. The lowest BCUT2D eigenvalue weighted by Gasteiger charge is -2.19. The van der Waals surface area contributed by atoms with Crippen LogP contribution in [0.3, 0.4) is 0 Å². The van der Waals surface area contributed by atoms with Crippen molar-refractivity contribution in [2.75, 3.05) is 17.3 Å². The lowest BCUT2D eigenvalue weighted by atomic mass is 10.1. The van der Waals surface area contributed by atoms with Gasteiger partial charge in [0.2, 0.25) is 0 Å². The van der Waals surface area contributed by atoms with Crippen molar-refractivity contribution >= 4 is 46.4 Å². The molecule has 0 aliphatic carbocycles. The molecule has 0 unspecified atom stereocenters. The molecule has 3 amide bonds. The summed E-state index contributed by atoms with van der Waals surface area (Å²) < 4.78 is 5.44. The second-order valence-corrected chi connectivity index (χ2v) is 8.07. The molecule has 1 aliphatic heterocycles. The second kappa shape index (κ2) is 8.84. The van der Waals surface area contributed by atoms with Crippen molar-refractivity contribution in [3.05, 3.63) is 88.5 Å². The van der Waals surface area contributed by atoms with Crippen LogP contribution in [0.4, 0.5) is 11.4 Å². The Kier molecular flexibility index (Phi) is 5.93. The highest BCUT2D eigenvalue weighted by atomic mass is 32.1. The van der Waals surface area contributed by atoms with Crippen LogP contribution in [-0.4, -0.2) is 29.9 Å². The Labute approximate surface area is 196 Å². The maximum Gasteiger partial charge on any atom is 0.266 e. The zero-order valence-electron chi connectivity index (χ0n) is 18.3. The normalized spacial score (nSPS) is 12.4. The van der Waals surface area contributed by atoms with Gasteiger partial charge >= 0.3 is 0 Å². The average Bonchev–Trinajstić information content (AvgIpc) is 3.03. The number of methoxy groups -OCH3 is 1. The third-order valence-electron chi connectivity index (χ3n) is 5.18. The van der Waals surface area contributed by atoms with Gasteiger partial charge in [0, 0.05) is 17.3 Å². The minimum Gasteiger partial charge on any atom is -0.494 e. The Morgan fingerprint density at radius 2 is 1.52 bits per heavy atom. The predicted molar refractivity (Wildman–Crippen MR) is 130 cm³/mol. The van der Waals surface area contributed by atoms with E-state index in [1.165, 1.54) is 7.11 Å². The van der Waals surface area contributed by atoms with Crippen LogP contribution in [0.25, 0.3) is 0 Å². The number of carbonyl (C=O) groups is 3. The number of hydrogen-bond donors (Lipinski definition) is 2. The third-order valence-corrected chi connectivity index (χ3v) is 5.39. The number of rotatable bonds is 4. The number of fused-ring (bicyclic) bond motifs is 1. The first-order valence-corrected chi connectivity index (χ1v) is 10.6. The van der Waals surface area contributed by atoms with Crippen LogP contribution in [0.2, 0.25) is 0 Å². The SMILES string of the molecule is COc1cc(NC(=S)NC(=O)c2cc(C)cc(C)c2)ccc1N1C(=O)c2ccccc2C1=O. The van der Waals surface area contributed by atoms with Gasteiger partial charge in [0.1, 0.15) is 5.75 Å². The van der Waals surface area contributed by atoms with Gasteiger partial charge in [-0.25, -0.2) is 4.90 Å². The van der Waals surface area contributed by atoms with E-state index in [9.17, 15) is 14.4 Å². The molecule has 0 saturated heterocycles. The van der Waals surface area contributed by atoms with Gasteiger partial charge in [0.25, 0.3) is 17.7 Å². The molecule has 33 heavy (non-hydrogen) atoms. The molecule has 8 heteroatoms. The number of benzene rings is 3. The summed E-state index contributed by atoms with van der Waals surface area (Å²) in [6, 6.07) is 17.1. The van der Waals surface area contributed by atoms with Gasteiger partial charge in [-0.15, -0.1) is 0 Å². The summed E-state index contributed by atoms with van der Waals surface area (Å²) in [6.07, 6.45) is 0. The Morgan fingerprint density at radius 3 is 2.09 bits per heavy atom. The van der Waals surface area contributed by atoms with E-state index in [1.54, 1.807) is 54.6 Å². The van der Waals surface area contributed by atoms with Crippen molar-refractivity contribution in [3.8, 4) is 5.75 Å². The number of thiocarbonyl (C=S) groups is 1. The lowest BCUT2D eigenvalue weighted by Crippen LogP contribution is -2.34. The molecule has 0 saturated carbocycles. The van der Waals surface area contributed by atoms with Gasteiger partial charge < -0.3 is 10.1 Å². The largest absolute Gasteiger partial charge is 0.494 e. The molecule has 0 bridgehead atoms. The third kappa shape index (κ3) is 4.33. The Morgan fingerprint density at radius 1 is 0.909 bits per heavy atom. The molecule has 0 radical (unpaired) electrons. The molecular formula is C25H21N3O4S. The van der Waals surface area contributed by atoms with E-state index in [2.05, 4.69) is 10.6 Å². The molecule has 4 rings (SSSR count). The zero-order chi connectivity index (χ0) is 23.7. The van der Waals surface area contributed by atoms with Crippen molar-refractivity contribution in [3.63, 3.8) is 0 Å². The summed E-state index contributed by atoms with van der Waals surface area (Å²) >= 11 is 5.28. The van der Waals surface area contributed by atoms with Crippen molar-refractivity contribution in [2.45, 2.75) is 13.8 Å². The minimum atomic E-state index is -0.411. The highest BCUT2D eigenvalue weighted by molar-refractivity contribution is 7.80. The summed E-state index contributed by atoms with van der Waals surface area (Å²) in [4.78, 5) is 39.2. The van der Waals surface area contributed by atoms with E-state index in [0.717, 1.165) is 16.0 Å². The highest BCUT2D eigenvalue weighted by Gasteiger charge is 2.37. The van der Waals surface area contributed by atoms with Crippen LogP contribution >= 0.6 is 12.2 Å². The molecule has 3 aromatic carbocycles. The topological polar surface area (TPSA) is 87.7 Å². The maximum absolute atomic E-state index is 12.8. The number of amides is 3. The zero-order valence-corrected chi connectivity index (χ0v) is 19.1. The van der Waals surface area contributed by atoms with E-state index >= 15 is 0 Å². The fourth-order valence-corrected chi connectivity index (χ4v) is 4.00. The molecule has 0 spiro atoms. The highest BCUT2D eigenvalue weighted by Crippen LogP contribution is 2.36. The number of carbonyl (C=O) groups excluding carboxylic acids is 3. The van der Waals surface area contributed by atoms with Gasteiger partial charge in [-0.3, -0.25) is 19.7 Å². The quantitative estimate of drug-likeness (QED) is 0.448. The van der Waals surface area contributed by atoms with E-state index in [0.29, 0.717) is 33.8 Å². The van der Waals surface area contributed by atoms with Gasteiger partial charge in [-0.05, 0) is 62.5 Å². The molecule has 0 fully saturated rings. The number of aryl methyl sites for hydroxylation is 2. The Hall–Kier alpha value is -4.04. The summed E-state index contributed by atoms with van der Waals surface area (Å²) in [7, 11) is 1.45. The molecule has 2 N–H and O–H groups in total. The number of anilines is 2. The van der Waals surface area contributed by atoms with Crippen LogP contribution < -0.4 is 20.3 Å². The number of imide groups is 1. The van der Waals surface area contributed by atoms with Gasteiger partial charge in [0.15, 0.2) is 5.11 Å². The first-order chi connectivity index (χ1) is 15.8. The molecule has 1 heterocycles. The molecule has 166 valence electrons. The Bertz CT molecular complexity index is 1260. The van der Waals surface area contributed by atoms with Crippen LogP contribution in [-0.2, 0) is 0 Å².